The quantitative estimate of drug-likeness (QED) is 0.781. The second-order valence-corrected chi connectivity index (χ2v) is 5.81. The Labute approximate surface area is 126 Å². The van der Waals surface area contributed by atoms with Gasteiger partial charge in [-0.1, -0.05) is 36.8 Å². The molecule has 0 aromatic heterocycles. The number of carboxylic acids is 1. The maximum atomic E-state index is 11.4. The van der Waals surface area contributed by atoms with Crippen LogP contribution in [0.4, 0.5) is 0 Å². The molecule has 21 heavy (non-hydrogen) atoms. The highest BCUT2D eigenvalue weighted by atomic mass is 16.4. The van der Waals surface area contributed by atoms with Gasteiger partial charge in [0.1, 0.15) is 0 Å². The van der Waals surface area contributed by atoms with Gasteiger partial charge in [-0.25, -0.2) is 0 Å². The first-order valence-electron chi connectivity index (χ1n) is 7.96. The van der Waals surface area contributed by atoms with Crippen molar-refractivity contribution in [3.05, 3.63) is 35.9 Å². The molecule has 2 aliphatic rings. The molecule has 2 saturated heterocycles. The van der Waals surface area contributed by atoms with E-state index in [9.17, 15) is 9.90 Å². The van der Waals surface area contributed by atoms with Crippen LogP contribution in [0, 0.1) is 0 Å². The summed E-state index contributed by atoms with van der Waals surface area (Å²) < 4.78 is 0. The third kappa shape index (κ3) is 4.29. The maximum Gasteiger partial charge on any atom is 0.314 e. The highest BCUT2D eigenvalue weighted by Gasteiger charge is 2.40. The largest absolute Gasteiger partial charge is 0.481 e. The lowest BCUT2D eigenvalue weighted by atomic mass is 9.73. The molecule has 0 amide bonds. The van der Waals surface area contributed by atoms with E-state index in [-0.39, 0.29) is 0 Å². The minimum Gasteiger partial charge on any atom is -0.481 e. The molecule has 0 bridgehead atoms. The molecule has 3 rings (SSSR count). The number of nitrogens with one attached hydrogen (secondary N) is 2. The van der Waals surface area contributed by atoms with Crippen molar-refractivity contribution in [2.24, 2.45) is 0 Å². The molecule has 2 aliphatic heterocycles. The minimum absolute atomic E-state index is 0.673. The van der Waals surface area contributed by atoms with Gasteiger partial charge in [0.2, 0.25) is 0 Å². The number of carboxylic acid groups (broad SMARTS) is 1. The first kappa shape index (κ1) is 16.0. The van der Waals surface area contributed by atoms with Crippen molar-refractivity contribution in [1.29, 1.82) is 0 Å². The summed E-state index contributed by atoms with van der Waals surface area (Å²) in [7, 11) is 0. The second-order valence-electron chi connectivity index (χ2n) is 5.81. The van der Waals surface area contributed by atoms with Crippen LogP contribution >= 0.6 is 0 Å². The predicted octanol–water partition coefficient (Wildman–Crippen LogP) is 2.15. The van der Waals surface area contributed by atoms with Crippen molar-refractivity contribution in [1.82, 2.24) is 10.6 Å². The van der Waals surface area contributed by atoms with Crippen molar-refractivity contribution >= 4 is 5.97 Å². The third-order valence-corrected chi connectivity index (χ3v) is 4.40. The average molecular weight is 290 g/mol. The van der Waals surface area contributed by atoms with Gasteiger partial charge in [-0.3, -0.25) is 4.79 Å². The monoisotopic (exact) mass is 290 g/mol. The molecule has 2 fully saturated rings. The smallest absolute Gasteiger partial charge is 0.314 e. The number of hydrogen-bond donors (Lipinski definition) is 3. The number of carbonyl (C=O) groups is 1. The Kier molecular flexibility index (Phi) is 6.21. The third-order valence-electron chi connectivity index (χ3n) is 4.40. The molecule has 2 heterocycles. The standard InChI is InChI=1S/C12H15NO2.C5H11N/c14-11(15)12(6-8-13-9-7-12)10-4-2-1-3-5-10;1-2-4-6-5-3-1/h1-5,13H,6-9H2,(H,14,15);6H,1-5H2. The first-order chi connectivity index (χ1) is 10.3. The van der Waals surface area contributed by atoms with Crippen molar-refractivity contribution in [3.63, 3.8) is 0 Å². The topological polar surface area (TPSA) is 61.4 Å². The van der Waals surface area contributed by atoms with Gasteiger partial charge in [-0.05, 0) is 57.4 Å². The van der Waals surface area contributed by atoms with Crippen LogP contribution < -0.4 is 10.6 Å². The van der Waals surface area contributed by atoms with Gasteiger partial charge in [0.25, 0.3) is 0 Å². The van der Waals surface area contributed by atoms with Crippen molar-refractivity contribution in [2.45, 2.75) is 37.5 Å². The van der Waals surface area contributed by atoms with Gasteiger partial charge in [0.15, 0.2) is 0 Å². The van der Waals surface area contributed by atoms with Gasteiger partial charge in [0, 0.05) is 0 Å². The van der Waals surface area contributed by atoms with Crippen LogP contribution in [0.5, 0.6) is 0 Å². The molecular formula is C17H26N2O2. The highest BCUT2D eigenvalue weighted by molar-refractivity contribution is 5.81. The lowest BCUT2D eigenvalue weighted by Gasteiger charge is -2.34. The van der Waals surface area contributed by atoms with Gasteiger partial charge < -0.3 is 15.7 Å². The molecule has 0 saturated carbocycles. The molecule has 0 radical (unpaired) electrons. The number of rotatable bonds is 2. The molecule has 116 valence electrons. The molecule has 4 heteroatoms. The zero-order valence-corrected chi connectivity index (χ0v) is 12.6. The van der Waals surface area contributed by atoms with Crippen LogP contribution in [-0.4, -0.2) is 37.3 Å². The number of hydrogen-bond acceptors (Lipinski definition) is 3. The fourth-order valence-corrected chi connectivity index (χ4v) is 3.04. The number of benzene rings is 1. The Morgan fingerprint density at radius 3 is 1.90 bits per heavy atom. The Morgan fingerprint density at radius 1 is 0.905 bits per heavy atom. The molecule has 1 aromatic rings. The molecule has 0 unspecified atom stereocenters. The summed E-state index contributed by atoms with van der Waals surface area (Å²) in [5.41, 5.74) is 0.256. The van der Waals surface area contributed by atoms with E-state index in [1.165, 1.54) is 32.4 Å². The van der Waals surface area contributed by atoms with Crippen LogP contribution in [0.3, 0.4) is 0 Å². The van der Waals surface area contributed by atoms with E-state index >= 15 is 0 Å². The highest BCUT2D eigenvalue weighted by Crippen LogP contribution is 2.33. The van der Waals surface area contributed by atoms with E-state index < -0.39 is 11.4 Å². The van der Waals surface area contributed by atoms with E-state index in [1.54, 1.807) is 0 Å². The summed E-state index contributed by atoms with van der Waals surface area (Å²) >= 11 is 0. The van der Waals surface area contributed by atoms with Gasteiger partial charge in [0.05, 0.1) is 5.41 Å². The van der Waals surface area contributed by atoms with E-state index in [0.29, 0.717) is 12.8 Å². The number of piperidine rings is 2. The maximum absolute atomic E-state index is 11.4. The summed E-state index contributed by atoms with van der Waals surface area (Å²) in [6.45, 7) is 4.06. The summed E-state index contributed by atoms with van der Waals surface area (Å²) in [6, 6.07) is 9.56. The summed E-state index contributed by atoms with van der Waals surface area (Å²) in [5, 5.41) is 15.9. The van der Waals surface area contributed by atoms with E-state index in [4.69, 9.17) is 0 Å². The van der Waals surface area contributed by atoms with Crippen molar-refractivity contribution < 1.29 is 9.90 Å². The zero-order valence-electron chi connectivity index (χ0n) is 12.6. The van der Waals surface area contributed by atoms with Crippen LogP contribution in [0.15, 0.2) is 30.3 Å². The summed E-state index contributed by atoms with van der Waals surface area (Å²) in [4.78, 5) is 11.4. The van der Waals surface area contributed by atoms with Crippen LogP contribution in [0.2, 0.25) is 0 Å². The van der Waals surface area contributed by atoms with Crippen LogP contribution in [0.1, 0.15) is 37.7 Å². The molecule has 0 aliphatic carbocycles. The lowest BCUT2D eigenvalue weighted by Crippen LogP contribution is -2.45. The Bertz CT molecular complexity index is 412. The van der Waals surface area contributed by atoms with Crippen LogP contribution in [-0.2, 0) is 10.2 Å². The molecule has 1 aromatic carbocycles. The van der Waals surface area contributed by atoms with Gasteiger partial charge >= 0.3 is 5.97 Å². The van der Waals surface area contributed by atoms with E-state index in [1.807, 2.05) is 30.3 Å². The Hall–Kier alpha value is -1.39. The van der Waals surface area contributed by atoms with Crippen LogP contribution in [0.25, 0.3) is 0 Å². The molecule has 4 nitrogen and oxygen atoms in total. The first-order valence-corrected chi connectivity index (χ1v) is 7.96. The second kappa shape index (κ2) is 8.15. The molecular weight excluding hydrogens is 264 g/mol. The fourth-order valence-electron chi connectivity index (χ4n) is 3.04. The minimum atomic E-state index is -0.699. The Balaban J connectivity index is 0.000000225. The van der Waals surface area contributed by atoms with Crippen molar-refractivity contribution in [3.8, 4) is 0 Å². The average Bonchev–Trinajstić information content (AvgIpc) is 2.58. The SMILES string of the molecule is C1CCNCC1.O=C(O)C1(c2ccccc2)CCNCC1. The predicted molar refractivity (Wildman–Crippen MR) is 84.6 cm³/mol. The fraction of sp³-hybridized carbons (Fsp3) is 0.588. The van der Waals surface area contributed by atoms with E-state index in [2.05, 4.69) is 10.6 Å². The van der Waals surface area contributed by atoms with Crippen molar-refractivity contribution in [2.75, 3.05) is 26.2 Å². The zero-order chi connectivity index (χ0) is 15.0. The lowest BCUT2D eigenvalue weighted by molar-refractivity contribution is -0.145. The summed E-state index contributed by atoms with van der Waals surface area (Å²) in [6.07, 6.45) is 5.56. The molecule has 0 spiro atoms. The normalized spacial score (nSPS) is 21.0. The molecule has 3 N–H and O–H groups in total. The Morgan fingerprint density at radius 2 is 1.48 bits per heavy atom. The van der Waals surface area contributed by atoms with Gasteiger partial charge in [-0.15, -0.1) is 0 Å². The van der Waals surface area contributed by atoms with E-state index in [0.717, 1.165) is 18.7 Å². The number of aliphatic carboxylic acids is 1. The van der Waals surface area contributed by atoms with Gasteiger partial charge in [-0.2, -0.15) is 0 Å². The molecule has 0 atom stereocenters. The summed E-state index contributed by atoms with van der Waals surface area (Å²) in [5.74, 6) is -0.699.